The first kappa shape index (κ1) is 48.2. The average Bonchev–Trinajstić information content (AvgIpc) is 3.14. The first-order chi connectivity index (χ1) is 25.3. The summed E-state index contributed by atoms with van der Waals surface area (Å²) in [5, 5.41) is 54.0. The van der Waals surface area contributed by atoms with E-state index in [-0.39, 0.29) is 12.5 Å². The normalized spacial score (nSPS) is 22.3. The largest absolute Gasteiger partial charge is 0.394 e. The van der Waals surface area contributed by atoms with Crippen molar-refractivity contribution in [2.24, 2.45) is 0 Å². The van der Waals surface area contributed by atoms with E-state index >= 15 is 0 Å². The van der Waals surface area contributed by atoms with Crippen molar-refractivity contribution in [2.45, 2.75) is 204 Å². The van der Waals surface area contributed by atoms with Crippen LogP contribution < -0.4 is 5.32 Å². The second kappa shape index (κ2) is 33.7. The van der Waals surface area contributed by atoms with Crippen molar-refractivity contribution in [3.8, 4) is 0 Å². The Balaban J connectivity index is 2.46. The van der Waals surface area contributed by atoms with E-state index in [0.29, 0.717) is 6.42 Å². The van der Waals surface area contributed by atoms with Gasteiger partial charge in [-0.2, -0.15) is 0 Å². The molecule has 1 rings (SSSR count). The lowest BCUT2D eigenvalue weighted by Crippen LogP contribution is -2.60. The van der Waals surface area contributed by atoms with Crippen molar-refractivity contribution < 1.29 is 39.8 Å². The molecule has 1 heterocycles. The predicted octanol–water partition coefficient (Wildman–Crippen LogP) is 7.89. The van der Waals surface area contributed by atoms with Gasteiger partial charge >= 0.3 is 0 Å². The van der Waals surface area contributed by atoms with Crippen molar-refractivity contribution in [3.05, 3.63) is 48.6 Å². The number of carbonyl (C=O) groups excluding carboxylic acids is 1. The summed E-state index contributed by atoms with van der Waals surface area (Å²) in [6.07, 6.45) is 34.3. The molecule has 302 valence electrons. The van der Waals surface area contributed by atoms with Gasteiger partial charge in [-0.25, -0.2) is 0 Å². The van der Waals surface area contributed by atoms with E-state index in [1.165, 1.54) is 77.0 Å². The summed E-state index contributed by atoms with van der Waals surface area (Å²) < 4.78 is 11.2. The van der Waals surface area contributed by atoms with Crippen LogP contribution in [0.4, 0.5) is 0 Å². The Morgan fingerprint density at radius 2 is 1.10 bits per heavy atom. The summed E-state index contributed by atoms with van der Waals surface area (Å²) in [4.78, 5) is 12.9. The molecule has 1 aliphatic heterocycles. The molecule has 0 saturated carbocycles. The zero-order valence-electron chi connectivity index (χ0n) is 32.8. The quantitative estimate of drug-likeness (QED) is 0.0295. The number of ether oxygens (including phenoxy) is 2. The van der Waals surface area contributed by atoms with E-state index in [1.807, 2.05) is 6.08 Å². The molecule has 0 spiro atoms. The van der Waals surface area contributed by atoms with Crippen LogP contribution in [0.15, 0.2) is 48.6 Å². The SMILES string of the molecule is CCCCCC/C=C\CCCCCCCCCC(=O)NC(COC1OC(CO)C(O)C(O)C1O)C(O)/C=C/CC/C=C/CC/C=C/CCCCCC. The fraction of sp³-hybridized carbons (Fsp3) is 0.791. The summed E-state index contributed by atoms with van der Waals surface area (Å²) >= 11 is 0. The van der Waals surface area contributed by atoms with Gasteiger partial charge in [-0.3, -0.25) is 4.79 Å². The number of hydrogen-bond donors (Lipinski definition) is 6. The molecular weight excluding hydrogens is 658 g/mol. The van der Waals surface area contributed by atoms with Gasteiger partial charge < -0.3 is 40.3 Å². The van der Waals surface area contributed by atoms with Crippen LogP contribution in [-0.2, 0) is 14.3 Å². The molecule has 0 aromatic heterocycles. The number of aliphatic hydroxyl groups excluding tert-OH is 5. The van der Waals surface area contributed by atoms with Crippen molar-refractivity contribution in [1.82, 2.24) is 5.32 Å². The van der Waals surface area contributed by atoms with Gasteiger partial charge in [0.1, 0.15) is 24.4 Å². The van der Waals surface area contributed by atoms with E-state index < -0.39 is 49.5 Å². The minimum Gasteiger partial charge on any atom is -0.394 e. The number of aliphatic hydroxyl groups is 5. The number of nitrogens with one attached hydrogen (secondary N) is 1. The third kappa shape index (κ3) is 24.5. The molecule has 1 saturated heterocycles. The maximum atomic E-state index is 12.9. The van der Waals surface area contributed by atoms with E-state index in [9.17, 15) is 30.3 Å². The van der Waals surface area contributed by atoms with E-state index in [1.54, 1.807) is 6.08 Å². The van der Waals surface area contributed by atoms with Crippen molar-refractivity contribution >= 4 is 5.91 Å². The smallest absolute Gasteiger partial charge is 0.220 e. The van der Waals surface area contributed by atoms with Crippen LogP contribution in [0, 0.1) is 0 Å². The lowest BCUT2D eigenvalue weighted by molar-refractivity contribution is -0.302. The Hall–Kier alpha value is -1.85. The van der Waals surface area contributed by atoms with Crippen molar-refractivity contribution in [3.63, 3.8) is 0 Å². The lowest BCUT2D eigenvalue weighted by atomic mass is 9.99. The van der Waals surface area contributed by atoms with Gasteiger partial charge in [-0.05, 0) is 70.6 Å². The minimum atomic E-state index is -1.57. The van der Waals surface area contributed by atoms with Gasteiger partial charge in [0.05, 0.1) is 25.4 Å². The third-order valence-electron chi connectivity index (χ3n) is 9.60. The first-order valence-electron chi connectivity index (χ1n) is 20.9. The molecule has 0 aromatic carbocycles. The minimum absolute atomic E-state index is 0.200. The van der Waals surface area contributed by atoms with Gasteiger partial charge in [0.2, 0.25) is 5.91 Å². The van der Waals surface area contributed by atoms with Gasteiger partial charge in [0.25, 0.3) is 0 Å². The number of allylic oxidation sites excluding steroid dienone is 7. The van der Waals surface area contributed by atoms with Crippen LogP contribution in [-0.4, -0.2) is 87.5 Å². The highest BCUT2D eigenvalue weighted by atomic mass is 16.7. The van der Waals surface area contributed by atoms with Crippen LogP contribution in [0.25, 0.3) is 0 Å². The number of amides is 1. The molecule has 1 aliphatic rings. The van der Waals surface area contributed by atoms with Crippen LogP contribution in [0.1, 0.15) is 162 Å². The second-order valence-corrected chi connectivity index (χ2v) is 14.4. The maximum absolute atomic E-state index is 12.9. The first-order valence-corrected chi connectivity index (χ1v) is 20.9. The molecule has 0 aliphatic carbocycles. The Labute approximate surface area is 316 Å². The fourth-order valence-electron chi connectivity index (χ4n) is 6.18. The van der Waals surface area contributed by atoms with Crippen LogP contribution in [0.3, 0.4) is 0 Å². The predicted molar refractivity (Wildman–Crippen MR) is 212 cm³/mol. The van der Waals surface area contributed by atoms with E-state index in [0.717, 1.165) is 64.2 Å². The molecule has 1 fully saturated rings. The molecule has 9 heteroatoms. The highest BCUT2D eigenvalue weighted by molar-refractivity contribution is 5.76. The lowest BCUT2D eigenvalue weighted by Gasteiger charge is -2.40. The molecule has 7 atom stereocenters. The van der Waals surface area contributed by atoms with Gasteiger partial charge in [0.15, 0.2) is 6.29 Å². The number of carbonyl (C=O) groups is 1. The second-order valence-electron chi connectivity index (χ2n) is 14.4. The molecule has 7 unspecified atom stereocenters. The highest BCUT2D eigenvalue weighted by Gasteiger charge is 2.44. The van der Waals surface area contributed by atoms with Crippen LogP contribution in [0.5, 0.6) is 0 Å². The number of hydrogen-bond acceptors (Lipinski definition) is 8. The van der Waals surface area contributed by atoms with E-state index in [4.69, 9.17) is 9.47 Å². The summed E-state index contributed by atoms with van der Waals surface area (Å²) in [5.74, 6) is -0.200. The average molecular weight is 736 g/mol. The van der Waals surface area contributed by atoms with Crippen LogP contribution >= 0.6 is 0 Å². The summed E-state index contributed by atoms with van der Waals surface area (Å²) in [7, 11) is 0. The zero-order chi connectivity index (χ0) is 38.1. The highest BCUT2D eigenvalue weighted by Crippen LogP contribution is 2.22. The summed E-state index contributed by atoms with van der Waals surface area (Å²) in [6, 6.07) is -0.828. The molecule has 0 radical (unpaired) electrons. The molecule has 0 aromatic rings. The monoisotopic (exact) mass is 736 g/mol. The number of rotatable bonds is 33. The van der Waals surface area contributed by atoms with Gasteiger partial charge in [-0.15, -0.1) is 0 Å². The number of unbranched alkanes of at least 4 members (excludes halogenated alkanes) is 17. The molecule has 1 amide bonds. The molecule has 52 heavy (non-hydrogen) atoms. The van der Waals surface area contributed by atoms with E-state index in [2.05, 4.69) is 55.6 Å². The molecule has 0 bridgehead atoms. The van der Waals surface area contributed by atoms with Crippen molar-refractivity contribution in [2.75, 3.05) is 13.2 Å². The standard InChI is InChI=1S/C43H77NO8/c1-3-5-7-9-11-13-15-17-19-21-23-25-27-29-31-33-39(47)44-36(35-51-43-42(50)41(49)40(48)38(34-45)52-43)37(46)32-30-28-26-24-22-20-18-16-14-12-10-8-6-4-2/h13-16,22,24,30,32,36-38,40-43,45-46,48-50H,3-12,17-21,23,25-29,31,33-35H2,1-2H3,(H,44,47)/b15-13-,16-14+,24-22+,32-30+. The fourth-order valence-corrected chi connectivity index (χ4v) is 6.18. The topological polar surface area (TPSA) is 149 Å². The Morgan fingerprint density at radius 3 is 1.62 bits per heavy atom. The molecular formula is C43H77NO8. The van der Waals surface area contributed by atoms with Gasteiger partial charge in [-0.1, -0.05) is 133 Å². The zero-order valence-corrected chi connectivity index (χ0v) is 32.8. The Kier molecular flexibility index (Phi) is 31.2. The molecule has 6 N–H and O–H groups in total. The Bertz CT molecular complexity index is 951. The van der Waals surface area contributed by atoms with Crippen LogP contribution in [0.2, 0.25) is 0 Å². The van der Waals surface area contributed by atoms with Gasteiger partial charge in [0, 0.05) is 6.42 Å². The summed E-state index contributed by atoms with van der Waals surface area (Å²) in [6.45, 7) is 3.69. The third-order valence-corrected chi connectivity index (χ3v) is 9.60. The Morgan fingerprint density at radius 1 is 0.635 bits per heavy atom. The summed E-state index contributed by atoms with van der Waals surface area (Å²) in [5.41, 5.74) is 0. The van der Waals surface area contributed by atoms with Crippen molar-refractivity contribution in [1.29, 1.82) is 0 Å². The maximum Gasteiger partial charge on any atom is 0.220 e. The molecule has 9 nitrogen and oxygen atoms in total.